The maximum atomic E-state index is 6.05. The Morgan fingerprint density at radius 3 is 2.14 bits per heavy atom. The highest BCUT2D eigenvalue weighted by Crippen LogP contribution is 2.06. The van der Waals surface area contributed by atoms with Crippen molar-refractivity contribution in [1.82, 2.24) is 0 Å². The summed E-state index contributed by atoms with van der Waals surface area (Å²) in [5, 5.41) is 1.54. The summed E-state index contributed by atoms with van der Waals surface area (Å²) >= 11 is 6.05. The Hall–Kier alpha value is -0.273. The van der Waals surface area contributed by atoms with E-state index in [0.717, 1.165) is 5.50 Å². The second kappa shape index (κ2) is 5.57. The van der Waals surface area contributed by atoms with E-state index < -0.39 is 8.80 Å². The lowest BCUT2D eigenvalue weighted by Crippen LogP contribution is -2.32. The van der Waals surface area contributed by atoms with Gasteiger partial charge in [0.1, 0.15) is 0 Å². The van der Waals surface area contributed by atoms with Crippen molar-refractivity contribution < 1.29 is 0 Å². The zero-order valence-corrected chi connectivity index (χ0v) is 11.2. The van der Waals surface area contributed by atoms with E-state index in [9.17, 15) is 0 Å². The predicted molar refractivity (Wildman–Crippen MR) is 68.5 cm³/mol. The van der Waals surface area contributed by atoms with E-state index in [2.05, 4.69) is 39.0 Å². The molecular formula is C12H19ClSi. The molecule has 1 aromatic rings. The summed E-state index contributed by atoms with van der Waals surface area (Å²) in [5.41, 5.74) is 3.62. The van der Waals surface area contributed by atoms with Crippen molar-refractivity contribution in [1.29, 1.82) is 0 Å². The van der Waals surface area contributed by atoms with Gasteiger partial charge in [-0.3, -0.25) is 0 Å². The lowest BCUT2D eigenvalue weighted by atomic mass is 10.2. The number of halogens is 1. The summed E-state index contributed by atoms with van der Waals surface area (Å²) in [4.78, 5) is 0. The fourth-order valence-corrected chi connectivity index (χ4v) is 5.28. The fraction of sp³-hybridized carbons (Fsp3) is 0.500. The van der Waals surface area contributed by atoms with Gasteiger partial charge in [-0.05, 0) is 13.8 Å². The third-order valence-corrected chi connectivity index (χ3v) is 6.58. The van der Waals surface area contributed by atoms with Gasteiger partial charge in [-0.25, -0.2) is 0 Å². The molecule has 0 heterocycles. The topological polar surface area (TPSA) is 0 Å². The van der Waals surface area contributed by atoms with Gasteiger partial charge >= 0.3 is 0 Å². The first kappa shape index (κ1) is 11.8. The number of aryl methyl sites for hydroxylation is 2. The van der Waals surface area contributed by atoms with Gasteiger partial charge in [-0.15, -0.1) is 11.6 Å². The van der Waals surface area contributed by atoms with Crippen molar-refractivity contribution in [2.75, 3.05) is 5.50 Å². The maximum absolute atomic E-state index is 6.05. The summed E-state index contributed by atoms with van der Waals surface area (Å²) < 4.78 is 0. The quantitative estimate of drug-likeness (QED) is 0.547. The second-order valence-corrected chi connectivity index (χ2v) is 7.93. The first-order chi connectivity index (χ1) is 6.67. The molecule has 2 heteroatoms. The second-order valence-electron chi connectivity index (χ2n) is 4.06. The Kier molecular flexibility index (Phi) is 4.69. The van der Waals surface area contributed by atoms with E-state index in [1.165, 1.54) is 23.6 Å². The average Bonchev–Trinajstić information content (AvgIpc) is 2.12. The largest absolute Gasteiger partial charge is 0.130 e. The van der Waals surface area contributed by atoms with Crippen LogP contribution in [0.25, 0.3) is 0 Å². The maximum Gasteiger partial charge on any atom is 0.0867 e. The number of rotatable bonds is 4. The molecule has 0 fully saturated rings. The van der Waals surface area contributed by atoms with E-state index in [-0.39, 0.29) is 0 Å². The van der Waals surface area contributed by atoms with E-state index >= 15 is 0 Å². The molecule has 0 aliphatic carbocycles. The molecule has 0 nitrogen and oxygen atoms in total. The smallest absolute Gasteiger partial charge is 0.0867 e. The van der Waals surface area contributed by atoms with Crippen molar-refractivity contribution in [2.45, 2.75) is 33.2 Å². The molecule has 1 rings (SSSR count). The van der Waals surface area contributed by atoms with Crippen LogP contribution in [-0.4, -0.2) is 14.3 Å². The minimum absolute atomic E-state index is 0.862. The van der Waals surface area contributed by atoms with Crippen molar-refractivity contribution in [2.24, 2.45) is 0 Å². The van der Waals surface area contributed by atoms with Crippen LogP contribution in [0, 0.1) is 13.8 Å². The van der Waals surface area contributed by atoms with Gasteiger partial charge in [-0.1, -0.05) is 53.9 Å². The molecule has 1 unspecified atom stereocenters. The number of benzene rings is 1. The molecule has 14 heavy (non-hydrogen) atoms. The normalized spacial score (nSPS) is 12.9. The molecule has 1 aromatic carbocycles. The van der Waals surface area contributed by atoms with Crippen molar-refractivity contribution in [3.63, 3.8) is 0 Å². The van der Waals surface area contributed by atoms with Crippen LogP contribution in [0.1, 0.15) is 24.5 Å². The highest BCUT2D eigenvalue weighted by molar-refractivity contribution is 6.79. The highest BCUT2D eigenvalue weighted by atomic mass is 35.5. The molecule has 0 aromatic heterocycles. The molecule has 1 atom stereocenters. The molecule has 0 aliphatic rings. The van der Waals surface area contributed by atoms with E-state index in [1.54, 1.807) is 5.19 Å². The Labute approximate surface area is 93.9 Å². The zero-order chi connectivity index (χ0) is 10.6. The van der Waals surface area contributed by atoms with Gasteiger partial charge in [-0.2, -0.15) is 0 Å². The summed E-state index contributed by atoms with van der Waals surface area (Å²) in [6, 6.07) is 8.20. The minimum atomic E-state index is -0.862. The van der Waals surface area contributed by atoms with E-state index in [4.69, 9.17) is 11.6 Å². The van der Waals surface area contributed by atoms with Gasteiger partial charge in [0.15, 0.2) is 0 Å². The van der Waals surface area contributed by atoms with Crippen LogP contribution in [0.5, 0.6) is 0 Å². The van der Waals surface area contributed by atoms with Crippen LogP contribution >= 0.6 is 11.6 Å². The molecule has 0 bridgehead atoms. The Morgan fingerprint density at radius 1 is 1.14 bits per heavy atom. The van der Waals surface area contributed by atoms with E-state index in [0.29, 0.717) is 0 Å². The summed E-state index contributed by atoms with van der Waals surface area (Å²) in [6.07, 6.45) is 1.26. The first-order valence-corrected chi connectivity index (χ1v) is 8.06. The molecular weight excluding hydrogens is 208 g/mol. The van der Waals surface area contributed by atoms with Gasteiger partial charge in [0.25, 0.3) is 0 Å². The fourth-order valence-electron chi connectivity index (χ4n) is 1.93. The van der Waals surface area contributed by atoms with Crippen LogP contribution in [0.3, 0.4) is 0 Å². The molecule has 78 valence electrons. The average molecular weight is 227 g/mol. The predicted octanol–water partition coefficient (Wildman–Crippen LogP) is 2.93. The molecule has 0 aliphatic heterocycles. The Bertz CT molecular complexity index is 276. The first-order valence-electron chi connectivity index (χ1n) is 5.31. The third kappa shape index (κ3) is 3.14. The molecule has 0 saturated heterocycles. The molecule has 0 radical (unpaired) electrons. The van der Waals surface area contributed by atoms with Crippen molar-refractivity contribution in [3.8, 4) is 0 Å². The monoisotopic (exact) mass is 226 g/mol. The van der Waals surface area contributed by atoms with Crippen LogP contribution in [-0.2, 0) is 0 Å². The van der Waals surface area contributed by atoms with Crippen molar-refractivity contribution in [3.05, 3.63) is 29.3 Å². The standard InChI is InChI=1S/C12H19ClSi/c1-4-5-14(9-13)12-7-10(2)6-11(3)8-12/h6-8,14H,4-5,9H2,1-3H3. The molecule has 0 saturated carbocycles. The van der Waals surface area contributed by atoms with Crippen LogP contribution in [0.4, 0.5) is 0 Å². The highest BCUT2D eigenvalue weighted by Gasteiger charge is 2.11. The van der Waals surface area contributed by atoms with E-state index in [1.807, 2.05) is 0 Å². The van der Waals surface area contributed by atoms with Gasteiger partial charge < -0.3 is 0 Å². The van der Waals surface area contributed by atoms with Crippen LogP contribution in [0.15, 0.2) is 18.2 Å². The summed E-state index contributed by atoms with van der Waals surface area (Å²) in [5.74, 6) is 0. The van der Waals surface area contributed by atoms with Gasteiger partial charge in [0, 0.05) is 5.50 Å². The number of alkyl halides is 1. The lowest BCUT2D eigenvalue weighted by molar-refractivity contribution is 1.07. The molecule has 0 N–H and O–H groups in total. The zero-order valence-electron chi connectivity index (χ0n) is 9.31. The van der Waals surface area contributed by atoms with Gasteiger partial charge in [0.2, 0.25) is 0 Å². The molecule has 0 spiro atoms. The van der Waals surface area contributed by atoms with Crippen molar-refractivity contribution >= 4 is 25.6 Å². The Morgan fingerprint density at radius 2 is 1.71 bits per heavy atom. The van der Waals surface area contributed by atoms with Crippen LogP contribution in [0.2, 0.25) is 6.04 Å². The van der Waals surface area contributed by atoms with Gasteiger partial charge in [0.05, 0.1) is 8.80 Å². The SMILES string of the molecule is CCC[SiH](CCl)c1cc(C)cc(C)c1. The number of hydrogen-bond acceptors (Lipinski definition) is 0. The summed E-state index contributed by atoms with van der Waals surface area (Å²) in [6.45, 7) is 6.58. The van der Waals surface area contributed by atoms with Crippen LogP contribution < -0.4 is 5.19 Å². The third-order valence-electron chi connectivity index (χ3n) is 2.54. The molecule has 0 amide bonds. The summed E-state index contributed by atoms with van der Waals surface area (Å²) in [7, 11) is -0.862. The minimum Gasteiger partial charge on any atom is -0.130 e. The lowest BCUT2D eigenvalue weighted by Gasteiger charge is -2.13. The number of hydrogen-bond donors (Lipinski definition) is 0. The Balaban J connectivity index is 2.91.